The lowest BCUT2D eigenvalue weighted by atomic mass is 10.2. The summed E-state index contributed by atoms with van der Waals surface area (Å²) in [6, 6.07) is 1.90. The Morgan fingerprint density at radius 1 is 1.36 bits per heavy atom. The van der Waals surface area contributed by atoms with E-state index >= 15 is 0 Å². The van der Waals surface area contributed by atoms with Crippen molar-refractivity contribution in [1.29, 1.82) is 0 Å². The number of alkyl halides is 3. The normalized spacial score (nSPS) is 12.3. The first kappa shape index (κ1) is 9.73. The Bertz CT molecular complexity index is 477. The van der Waals surface area contributed by atoms with Crippen LogP contribution in [0.4, 0.5) is 13.2 Å². The average molecular weight is 237 g/mol. The lowest BCUT2D eigenvalue weighted by Crippen LogP contribution is -2.04. The van der Waals surface area contributed by atoms with Crippen molar-refractivity contribution in [2.75, 3.05) is 0 Å². The maximum atomic E-state index is 12.3. The Kier molecular flexibility index (Phi) is 2.16. The highest BCUT2D eigenvalue weighted by Crippen LogP contribution is 2.35. The maximum absolute atomic E-state index is 12.3. The molecule has 0 atom stereocenters. The second kappa shape index (κ2) is 3.10. The van der Waals surface area contributed by atoms with Gasteiger partial charge in [-0.3, -0.25) is 0 Å². The van der Waals surface area contributed by atoms with Gasteiger partial charge in [-0.1, -0.05) is 11.6 Å². The summed E-state index contributed by atoms with van der Waals surface area (Å²) in [5, 5.41) is 0.00678. The zero-order chi connectivity index (χ0) is 10.3. The fourth-order valence-corrected chi connectivity index (χ4v) is 2.03. The van der Waals surface area contributed by atoms with Crippen LogP contribution < -0.4 is 0 Å². The number of aromatic nitrogens is 1. The van der Waals surface area contributed by atoms with Crippen LogP contribution in [0.25, 0.3) is 10.2 Å². The Balaban J connectivity index is 2.70. The zero-order valence-electron chi connectivity index (χ0n) is 6.52. The number of nitrogens with zero attached hydrogens (tertiary/aromatic N) is 1. The van der Waals surface area contributed by atoms with Gasteiger partial charge in [-0.25, -0.2) is 4.98 Å². The topological polar surface area (TPSA) is 12.9 Å². The molecule has 0 spiro atoms. The minimum absolute atomic E-state index is 0.00678. The summed E-state index contributed by atoms with van der Waals surface area (Å²) < 4.78 is 37.3. The molecule has 0 N–H and O–H groups in total. The fraction of sp³-hybridized carbons (Fsp3) is 0.125. The summed E-state index contributed by atoms with van der Waals surface area (Å²) in [5.41, 5.74) is 2.11. The molecule has 73 valence electrons. The Morgan fingerprint density at radius 3 is 2.71 bits per heavy atom. The van der Waals surface area contributed by atoms with Gasteiger partial charge in [0.25, 0.3) is 0 Å². The minimum atomic E-state index is -4.37. The molecule has 0 saturated carbocycles. The number of hydrogen-bond donors (Lipinski definition) is 0. The first-order chi connectivity index (χ1) is 6.48. The van der Waals surface area contributed by atoms with Crippen LogP contribution in [0.1, 0.15) is 5.56 Å². The van der Waals surface area contributed by atoms with Crippen molar-refractivity contribution in [1.82, 2.24) is 4.98 Å². The smallest absolute Gasteiger partial charge is 0.232 e. The Morgan fingerprint density at radius 2 is 2.07 bits per heavy atom. The number of thiazole rings is 1. The molecule has 0 bridgehead atoms. The van der Waals surface area contributed by atoms with E-state index in [9.17, 15) is 13.2 Å². The van der Waals surface area contributed by atoms with E-state index in [1.165, 1.54) is 0 Å². The van der Waals surface area contributed by atoms with Gasteiger partial charge in [0.05, 0.1) is 15.3 Å². The van der Waals surface area contributed by atoms with Gasteiger partial charge in [-0.2, -0.15) is 13.2 Å². The molecule has 2 aromatic rings. The molecule has 0 amide bonds. The van der Waals surface area contributed by atoms with Gasteiger partial charge in [0.15, 0.2) is 5.51 Å². The molecule has 1 aromatic carbocycles. The average Bonchev–Trinajstić information content (AvgIpc) is 2.50. The third-order valence-corrected chi connectivity index (χ3v) is 2.67. The molecular weight excluding hydrogens is 235 g/mol. The quantitative estimate of drug-likeness (QED) is 0.679. The Hall–Kier alpha value is -0.810. The van der Waals surface area contributed by atoms with Gasteiger partial charge in [-0.15, -0.1) is 11.3 Å². The van der Waals surface area contributed by atoms with E-state index in [0.717, 1.165) is 23.5 Å². The third-order valence-electron chi connectivity index (χ3n) is 1.67. The molecule has 0 fully saturated rings. The molecule has 0 aliphatic carbocycles. The van der Waals surface area contributed by atoms with Crippen LogP contribution in [0, 0.1) is 5.51 Å². The molecule has 0 saturated heterocycles. The van der Waals surface area contributed by atoms with Crippen molar-refractivity contribution in [3.8, 4) is 0 Å². The zero-order valence-corrected chi connectivity index (χ0v) is 8.09. The summed E-state index contributed by atoms with van der Waals surface area (Å²) in [7, 11) is 0. The van der Waals surface area contributed by atoms with Gasteiger partial charge in [0, 0.05) is 0 Å². The predicted octanol–water partition coefficient (Wildman–Crippen LogP) is 3.77. The van der Waals surface area contributed by atoms with Gasteiger partial charge in [0.2, 0.25) is 0 Å². The number of halogens is 4. The molecule has 1 heterocycles. The van der Waals surface area contributed by atoms with E-state index in [4.69, 9.17) is 11.6 Å². The molecule has 1 nitrogen and oxygen atoms in total. The van der Waals surface area contributed by atoms with E-state index in [-0.39, 0.29) is 5.02 Å². The summed E-state index contributed by atoms with van der Waals surface area (Å²) in [6.45, 7) is 0. The van der Waals surface area contributed by atoms with Gasteiger partial charge >= 0.3 is 6.18 Å². The van der Waals surface area contributed by atoms with Gasteiger partial charge < -0.3 is 0 Å². The SMILES string of the molecule is FC(F)(F)c1cc(Cl)c2n[c]sc2c1. The summed E-state index contributed by atoms with van der Waals surface area (Å²) >= 11 is 6.64. The standard InChI is InChI=1S/C8H2ClF3NS/c9-5-1-4(8(10,11)12)2-6-7(5)13-3-14-6/h1-2H. The van der Waals surface area contributed by atoms with Gasteiger partial charge in [0.1, 0.15) is 5.52 Å². The second-order valence-corrected chi connectivity index (χ2v) is 3.84. The molecule has 2 rings (SSSR count). The van der Waals surface area contributed by atoms with E-state index in [0.29, 0.717) is 10.2 Å². The monoisotopic (exact) mass is 236 g/mol. The van der Waals surface area contributed by atoms with E-state index in [2.05, 4.69) is 10.5 Å². The first-order valence-corrected chi connectivity index (χ1v) is 4.71. The number of benzene rings is 1. The highest BCUT2D eigenvalue weighted by atomic mass is 35.5. The maximum Gasteiger partial charge on any atom is 0.416 e. The summed E-state index contributed by atoms with van der Waals surface area (Å²) in [4.78, 5) is 3.74. The first-order valence-electron chi connectivity index (χ1n) is 3.52. The Labute approximate surface area is 86.1 Å². The third kappa shape index (κ3) is 1.57. The van der Waals surface area contributed by atoms with Crippen LogP contribution in [-0.4, -0.2) is 4.98 Å². The largest absolute Gasteiger partial charge is 0.416 e. The summed E-state index contributed by atoms with van der Waals surface area (Å²) in [6.07, 6.45) is -4.37. The number of rotatable bonds is 0. The summed E-state index contributed by atoms with van der Waals surface area (Å²) in [5.74, 6) is 0. The predicted molar refractivity (Wildman–Crippen MR) is 48.5 cm³/mol. The van der Waals surface area contributed by atoms with Crippen LogP contribution in [0.3, 0.4) is 0 Å². The molecule has 1 radical (unpaired) electrons. The minimum Gasteiger partial charge on any atom is -0.232 e. The molecule has 0 unspecified atom stereocenters. The van der Waals surface area contributed by atoms with E-state index in [1.54, 1.807) is 0 Å². The van der Waals surface area contributed by atoms with Crippen molar-refractivity contribution in [3.05, 3.63) is 28.2 Å². The fourth-order valence-electron chi connectivity index (χ4n) is 1.04. The van der Waals surface area contributed by atoms with Gasteiger partial charge in [-0.05, 0) is 12.1 Å². The van der Waals surface area contributed by atoms with Crippen LogP contribution in [0.2, 0.25) is 5.02 Å². The van der Waals surface area contributed by atoms with Crippen LogP contribution in [0.5, 0.6) is 0 Å². The molecule has 0 aliphatic heterocycles. The molecule has 1 aromatic heterocycles. The number of hydrogen-bond acceptors (Lipinski definition) is 2. The van der Waals surface area contributed by atoms with Crippen molar-refractivity contribution in [2.45, 2.75) is 6.18 Å². The lowest BCUT2D eigenvalue weighted by molar-refractivity contribution is -0.137. The van der Waals surface area contributed by atoms with Crippen LogP contribution in [-0.2, 0) is 6.18 Å². The van der Waals surface area contributed by atoms with Crippen LogP contribution in [0.15, 0.2) is 12.1 Å². The highest BCUT2D eigenvalue weighted by molar-refractivity contribution is 7.16. The van der Waals surface area contributed by atoms with Crippen molar-refractivity contribution >= 4 is 33.2 Å². The van der Waals surface area contributed by atoms with E-state index < -0.39 is 11.7 Å². The van der Waals surface area contributed by atoms with Crippen LogP contribution >= 0.6 is 22.9 Å². The highest BCUT2D eigenvalue weighted by Gasteiger charge is 2.31. The van der Waals surface area contributed by atoms with Crippen molar-refractivity contribution in [2.24, 2.45) is 0 Å². The molecule has 0 aliphatic rings. The molecule has 6 heteroatoms. The van der Waals surface area contributed by atoms with Crippen molar-refractivity contribution < 1.29 is 13.2 Å². The van der Waals surface area contributed by atoms with Crippen molar-refractivity contribution in [3.63, 3.8) is 0 Å². The second-order valence-electron chi connectivity index (χ2n) is 2.61. The molecule has 14 heavy (non-hydrogen) atoms. The lowest BCUT2D eigenvalue weighted by Gasteiger charge is -2.06. The van der Waals surface area contributed by atoms with E-state index in [1.807, 2.05) is 0 Å². The number of fused-ring (bicyclic) bond motifs is 1. The molecular formula is C8H2ClF3NS.